The molecular weight excluding hydrogens is 298 g/mol. The normalized spacial score (nSPS) is 12.1. The molecular formula is C14H12ClNO5. The van der Waals surface area contributed by atoms with Crippen LogP contribution in [0.5, 0.6) is 5.75 Å². The van der Waals surface area contributed by atoms with E-state index >= 15 is 0 Å². The van der Waals surface area contributed by atoms with E-state index in [-0.39, 0.29) is 17.1 Å². The summed E-state index contributed by atoms with van der Waals surface area (Å²) in [5, 5.41) is 21.3. The van der Waals surface area contributed by atoms with Crippen molar-refractivity contribution in [2.45, 2.75) is 12.8 Å². The van der Waals surface area contributed by atoms with Crippen molar-refractivity contribution in [3.05, 3.63) is 72.8 Å². The maximum Gasteiger partial charge on any atom is 0.343 e. The summed E-state index contributed by atoms with van der Waals surface area (Å²) in [5.41, 5.74) is -0.406. The summed E-state index contributed by atoms with van der Waals surface area (Å²) in [7, 11) is 0. The van der Waals surface area contributed by atoms with E-state index in [2.05, 4.69) is 0 Å². The van der Waals surface area contributed by atoms with Gasteiger partial charge in [0.05, 0.1) is 11.5 Å². The molecule has 6 nitrogen and oxygen atoms in total. The summed E-state index contributed by atoms with van der Waals surface area (Å²) in [6.07, 6.45) is 0. The Bertz CT molecular complexity index is 723. The number of halogens is 1. The lowest BCUT2D eigenvalue weighted by Gasteiger charge is -2.14. The molecule has 1 aromatic carbocycles. The highest BCUT2D eigenvalue weighted by Gasteiger charge is 2.27. The summed E-state index contributed by atoms with van der Waals surface area (Å²) < 4.78 is 4.93. The fraction of sp³-hybridized carbons (Fsp3) is 0.214. The number of benzene rings is 1. The summed E-state index contributed by atoms with van der Waals surface area (Å²) >= 11 is 5.79. The largest absolute Gasteiger partial charge is 0.507 e. The Morgan fingerprint density at radius 1 is 1.38 bits per heavy atom. The highest BCUT2D eigenvalue weighted by molar-refractivity contribution is 6.30. The molecule has 2 aromatic rings. The van der Waals surface area contributed by atoms with Gasteiger partial charge in [0, 0.05) is 16.0 Å². The Morgan fingerprint density at radius 3 is 2.52 bits per heavy atom. The number of hydrogen-bond donors (Lipinski definition) is 1. The number of rotatable bonds is 4. The first-order valence-electron chi connectivity index (χ1n) is 6.09. The number of nitrogens with zero attached hydrogens (tertiary/aromatic N) is 1. The molecule has 2 rings (SSSR count). The smallest absolute Gasteiger partial charge is 0.343 e. The minimum atomic E-state index is -0.908. The van der Waals surface area contributed by atoms with Crippen LogP contribution in [0.2, 0.25) is 5.02 Å². The highest BCUT2D eigenvalue weighted by atomic mass is 35.5. The topological polar surface area (TPSA) is 93.6 Å². The summed E-state index contributed by atoms with van der Waals surface area (Å²) in [5.74, 6) is -0.989. The van der Waals surface area contributed by atoms with Gasteiger partial charge in [-0.3, -0.25) is 10.1 Å². The standard InChI is InChI=1S/C14H12ClNO5/c1-8-6-12(17)13(14(18)21-8)11(7-16(19)20)9-2-4-10(15)5-3-9/h2-6,11,17H,7H2,1H3/t11-/m1/s1. The van der Waals surface area contributed by atoms with E-state index in [9.17, 15) is 20.0 Å². The van der Waals surface area contributed by atoms with E-state index in [1.54, 1.807) is 24.3 Å². The highest BCUT2D eigenvalue weighted by Crippen LogP contribution is 2.30. The maximum absolute atomic E-state index is 11.9. The number of aryl methyl sites for hydroxylation is 1. The van der Waals surface area contributed by atoms with Crippen LogP contribution < -0.4 is 5.63 Å². The van der Waals surface area contributed by atoms with Crippen LogP contribution in [0, 0.1) is 17.0 Å². The van der Waals surface area contributed by atoms with Crippen LogP contribution in [0.1, 0.15) is 22.8 Å². The molecule has 0 aliphatic heterocycles. The van der Waals surface area contributed by atoms with Gasteiger partial charge in [-0.2, -0.15) is 0 Å². The third-order valence-electron chi connectivity index (χ3n) is 3.04. The van der Waals surface area contributed by atoms with Crippen molar-refractivity contribution in [1.29, 1.82) is 0 Å². The minimum absolute atomic E-state index is 0.125. The first kappa shape index (κ1) is 15.1. The monoisotopic (exact) mass is 309 g/mol. The molecule has 0 amide bonds. The van der Waals surface area contributed by atoms with Gasteiger partial charge in [0.15, 0.2) is 0 Å². The molecule has 0 unspecified atom stereocenters. The van der Waals surface area contributed by atoms with Crippen LogP contribution in [-0.4, -0.2) is 16.6 Å². The first-order chi connectivity index (χ1) is 9.88. The van der Waals surface area contributed by atoms with Gasteiger partial charge in [-0.25, -0.2) is 4.79 Å². The van der Waals surface area contributed by atoms with Crippen molar-refractivity contribution in [1.82, 2.24) is 0 Å². The zero-order chi connectivity index (χ0) is 15.6. The van der Waals surface area contributed by atoms with E-state index in [1.165, 1.54) is 13.0 Å². The number of aromatic hydroxyl groups is 1. The lowest BCUT2D eigenvalue weighted by Crippen LogP contribution is -2.21. The lowest BCUT2D eigenvalue weighted by molar-refractivity contribution is -0.481. The molecule has 1 aromatic heterocycles. The SMILES string of the molecule is Cc1cc(O)c([C@H](C[N+](=O)[O-])c2ccc(Cl)cc2)c(=O)o1. The molecule has 0 fully saturated rings. The average molecular weight is 310 g/mol. The second-order valence-corrected chi connectivity index (χ2v) is 5.00. The molecule has 1 heterocycles. The zero-order valence-electron chi connectivity index (χ0n) is 11.1. The molecule has 0 aliphatic rings. The molecule has 0 spiro atoms. The Labute approximate surface area is 124 Å². The van der Waals surface area contributed by atoms with Gasteiger partial charge >= 0.3 is 5.63 Å². The Hall–Kier alpha value is -2.34. The van der Waals surface area contributed by atoms with E-state index < -0.39 is 23.0 Å². The van der Waals surface area contributed by atoms with Crippen molar-refractivity contribution >= 4 is 11.6 Å². The second-order valence-electron chi connectivity index (χ2n) is 4.56. The molecule has 21 heavy (non-hydrogen) atoms. The van der Waals surface area contributed by atoms with Gasteiger partial charge in [0.1, 0.15) is 11.5 Å². The fourth-order valence-corrected chi connectivity index (χ4v) is 2.26. The maximum atomic E-state index is 11.9. The predicted molar refractivity (Wildman–Crippen MR) is 76.5 cm³/mol. The van der Waals surface area contributed by atoms with Crippen molar-refractivity contribution in [2.75, 3.05) is 6.54 Å². The third-order valence-corrected chi connectivity index (χ3v) is 3.29. The minimum Gasteiger partial charge on any atom is -0.507 e. The lowest BCUT2D eigenvalue weighted by atomic mass is 9.92. The van der Waals surface area contributed by atoms with Crippen LogP contribution in [0.25, 0.3) is 0 Å². The Balaban J connectivity index is 2.58. The number of nitro groups is 1. The molecule has 0 bridgehead atoms. The Kier molecular flexibility index (Phi) is 4.28. The Morgan fingerprint density at radius 2 is 2.00 bits per heavy atom. The summed E-state index contributed by atoms with van der Waals surface area (Å²) in [6.45, 7) is 0.971. The van der Waals surface area contributed by atoms with Gasteiger partial charge in [0.2, 0.25) is 6.54 Å². The van der Waals surface area contributed by atoms with Crippen LogP contribution in [-0.2, 0) is 0 Å². The fourth-order valence-electron chi connectivity index (χ4n) is 2.13. The van der Waals surface area contributed by atoms with Crippen molar-refractivity contribution < 1.29 is 14.4 Å². The van der Waals surface area contributed by atoms with Crippen LogP contribution in [0.15, 0.2) is 39.5 Å². The molecule has 0 aliphatic carbocycles. The summed E-state index contributed by atoms with van der Waals surface area (Å²) in [6, 6.07) is 7.55. The molecule has 1 atom stereocenters. The number of hydrogen-bond acceptors (Lipinski definition) is 5. The molecule has 110 valence electrons. The predicted octanol–water partition coefficient (Wildman–Crippen LogP) is 2.72. The van der Waals surface area contributed by atoms with Gasteiger partial charge < -0.3 is 9.52 Å². The van der Waals surface area contributed by atoms with Crippen molar-refractivity contribution in [2.24, 2.45) is 0 Å². The van der Waals surface area contributed by atoms with E-state index in [0.717, 1.165) is 0 Å². The third kappa shape index (κ3) is 3.41. The van der Waals surface area contributed by atoms with Gasteiger partial charge in [-0.1, -0.05) is 23.7 Å². The van der Waals surface area contributed by atoms with Gasteiger partial charge in [-0.15, -0.1) is 0 Å². The van der Waals surface area contributed by atoms with Gasteiger partial charge in [0.25, 0.3) is 0 Å². The zero-order valence-corrected chi connectivity index (χ0v) is 11.8. The van der Waals surface area contributed by atoms with Crippen LogP contribution in [0.3, 0.4) is 0 Å². The quantitative estimate of drug-likeness (QED) is 0.692. The second kappa shape index (κ2) is 5.97. The van der Waals surface area contributed by atoms with Crippen LogP contribution in [0.4, 0.5) is 0 Å². The van der Waals surface area contributed by atoms with E-state index in [1.807, 2.05) is 0 Å². The average Bonchev–Trinajstić information content (AvgIpc) is 2.37. The molecule has 7 heteroatoms. The van der Waals surface area contributed by atoms with E-state index in [4.69, 9.17) is 16.0 Å². The summed E-state index contributed by atoms with van der Waals surface area (Å²) in [4.78, 5) is 22.3. The van der Waals surface area contributed by atoms with Crippen molar-refractivity contribution in [3.63, 3.8) is 0 Å². The van der Waals surface area contributed by atoms with Crippen molar-refractivity contribution in [3.8, 4) is 5.75 Å². The first-order valence-corrected chi connectivity index (χ1v) is 6.47. The molecule has 1 N–H and O–H groups in total. The molecule has 0 radical (unpaired) electrons. The van der Waals surface area contributed by atoms with E-state index in [0.29, 0.717) is 10.6 Å². The van der Waals surface area contributed by atoms with Crippen LogP contribution >= 0.6 is 11.6 Å². The van der Waals surface area contributed by atoms with Gasteiger partial charge in [-0.05, 0) is 24.6 Å². The molecule has 0 saturated carbocycles. The molecule has 0 saturated heterocycles.